The largest absolute Gasteiger partial charge is 0.371 e. The molecule has 114 valence electrons. The maximum Gasteiger partial charge on any atom is 0.188 e. The van der Waals surface area contributed by atoms with Gasteiger partial charge in [-0.1, -0.05) is 34.1 Å². The minimum Gasteiger partial charge on any atom is -0.371 e. The van der Waals surface area contributed by atoms with Crippen LogP contribution in [0.3, 0.4) is 0 Å². The fraction of sp³-hybridized carbons (Fsp3) is 0.438. The van der Waals surface area contributed by atoms with Crippen molar-refractivity contribution in [2.24, 2.45) is 16.6 Å². The van der Waals surface area contributed by atoms with Gasteiger partial charge in [-0.15, -0.1) is 0 Å². The van der Waals surface area contributed by atoms with Crippen LogP contribution in [-0.4, -0.2) is 32.1 Å². The van der Waals surface area contributed by atoms with Crippen LogP contribution >= 0.6 is 15.9 Å². The van der Waals surface area contributed by atoms with Crippen LogP contribution in [0.2, 0.25) is 0 Å². The summed E-state index contributed by atoms with van der Waals surface area (Å²) in [5, 5.41) is 3.21. The Balaban J connectivity index is 1.80. The van der Waals surface area contributed by atoms with Crippen LogP contribution in [0, 0.1) is 5.92 Å². The van der Waals surface area contributed by atoms with Gasteiger partial charge >= 0.3 is 0 Å². The van der Waals surface area contributed by atoms with Gasteiger partial charge in [0.05, 0.1) is 6.54 Å². The van der Waals surface area contributed by atoms with E-state index in [-0.39, 0.29) is 0 Å². The standard InChI is InChI=1S/C16H23BrN4/c1-12(2)9-19-16(18)20-10-13-6-7-21(11-13)15-5-3-4-14(17)8-15/h3-5,8,13H,1,6-7,9-11H2,2H3,(H3,18,19,20). The topological polar surface area (TPSA) is 53.6 Å². The first-order valence-electron chi connectivity index (χ1n) is 7.23. The van der Waals surface area contributed by atoms with Gasteiger partial charge in [-0.2, -0.15) is 0 Å². The SMILES string of the molecule is C=C(C)CN=C(N)NCC1CCN(c2cccc(Br)c2)C1. The van der Waals surface area contributed by atoms with Crippen LogP contribution in [0.1, 0.15) is 13.3 Å². The number of benzene rings is 1. The number of hydrogen-bond acceptors (Lipinski definition) is 2. The number of nitrogens with zero attached hydrogens (tertiary/aromatic N) is 2. The highest BCUT2D eigenvalue weighted by Crippen LogP contribution is 2.25. The molecule has 0 radical (unpaired) electrons. The summed E-state index contributed by atoms with van der Waals surface area (Å²) >= 11 is 3.52. The molecule has 0 saturated carbocycles. The van der Waals surface area contributed by atoms with Crippen LogP contribution in [-0.2, 0) is 0 Å². The van der Waals surface area contributed by atoms with Crippen molar-refractivity contribution in [3.05, 3.63) is 40.9 Å². The van der Waals surface area contributed by atoms with Crippen LogP contribution in [0.15, 0.2) is 45.9 Å². The maximum absolute atomic E-state index is 5.84. The Labute approximate surface area is 135 Å². The Morgan fingerprint density at radius 2 is 2.38 bits per heavy atom. The highest BCUT2D eigenvalue weighted by molar-refractivity contribution is 9.10. The summed E-state index contributed by atoms with van der Waals surface area (Å²) in [4.78, 5) is 6.65. The molecule has 4 nitrogen and oxygen atoms in total. The molecule has 1 saturated heterocycles. The molecule has 1 heterocycles. The van der Waals surface area contributed by atoms with E-state index < -0.39 is 0 Å². The lowest BCUT2D eigenvalue weighted by atomic mass is 10.1. The van der Waals surface area contributed by atoms with Crippen molar-refractivity contribution < 1.29 is 0 Å². The molecule has 5 heteroatoms. The van der Waals surface area contributed by atoms with Gasteiger partial charge in [0.25, 0.3) is 0 Å². The van der Waals surface area contributed by atoms with Gasteiger partial charge in [-0.3, -0.25) is 0 Å². The van der Waals surface area contributed by atoms with Crippen LogP contribution in [0.25, 0.3) is 0 Å². The zero-order chi connectivity index (χ0) is 15.2. The van der Waals surface area contributed by atoms with Crippen molar-refractivity contribution in [1.82, 2.24) is 5.32 Å². The first kappa shape index (κ1) is 15.9. The second-order valence-corrected chi connectivity index (χ2v) is 6.54. The van der Waals surface area contributed by atoms with Gasteiger partial charge in [0.2, 0.25) is 0 Å². The van der Waals surface area contributed by atoms with Gasteiger partial charge in [-0.05, 0) is 37.5 Å². The minimum absolute atomic E-state index is 0.513. The molecule has 1 atom stereocenters. The molecular formula is C16H23BrN4. The predicted octanol–water partition coefficient (Wildman–Crippen LogP) is 2.76. The number of nitrogens with two attached hydrogens (primary N) is 1. The molecule has 0 amide bonds. The average Bonchev–Trinajstić information content (AvgIpc) is 2.92. The van der Waals surface area contributed by atoms with E-state index in [4.69, 9.17) is 5.73 Å². The van der Waals surface area contributed by atoms with Crippen molar-refractivity contribution >= 4 is 27.6 Å². The van der Waals surface area contributed by atoms with E-state index in [1.54, 1.807) is 0 Å². The average molecular weight is 351 g/mol. The highest BCUT2D eigenvalue weighted by Gasteiger charge is 2.22. The number of guanidine groups is 1. The van der Waals surface area contributed by atoms with E-state index in [1.807, 2.05) is 6.92 Å². The first-order chi connectivity index (χ1) is 10.0. The van der Waals surface area contributed by atoms with Crippen molar-refractivity contribution in [1.29, 1.82) is 0 Å². The van der Waals surface area contributed by atoms with E-state index in [1.165, 1.54) is 12.1 Å². The molecular weight excluding hydrogens is 328 g/mol. The second-order valence-electron chi connectivity index (χ2n) is 5.62. The Kier molecular flexibility index (Phi) is 5.67. The summed E-state index contributed by atoms with van der Waals surface area (Å²) in [7, 11) is 0. The number of nitrogens with one attached hydrogen (secondary N) is 1. The first-order valence-corrected chi connectivity index (χ1v) is 8.02. The number of anilines is 1. The normalized spacial score (nSPS) is 18.9. The Hall–Kier alpha value is -1.49. The van der Waals surface area contributed by atoms with E-state index in [0.29, 0.717) is 18.4 Å². The number of aliphatic imine (C=N–C) groups is 1. The number of hydrogen-bond donors (Lipinski definition) is 2. The van der Waals surface area contributed by atoms with Crippen LogP contribution < -0.4 is 16.0 Å². The Morgan fingerprint density at radius 1 is 1.57 bits per heavy atom. The predicted molar refractivity (Wildman–Crippen MR) is 93.8 cm³/mol. The van der Waals surface area contributed by atoms with Crippen molar-refractivity contribution in [3.63, 3.8) is 0 Å². The summed E-state index contributed by atoms with van der Waals surface area (Å²) in [5.41, 5.74) is 8.13. The molecule has 21 heavy (non-hydrogen) atoms. The van der Waals surface area contributed by atoms with Gasteiger partial charge in [0, 0.05) is 29.8 Å². The lowest BCUT2D eigenvalue weighted by molar-refractivity contribution is 0.570. The van der Waals surface area contributed by atoms with Crippen LogP contribution in [0.5, 0.6) is 0 Å². The minimum atomic E-state index is 0.513. The number of halogens is 1. The fourth-order valence-electron chi connectivity index (χ4n) is 2.43. The molecule has 0 spiro atoms. The van der Waals surface area contributed by atoms with Gasteiger partial charge in [-0.25, -0.2) is 4.99 Å². The van der Waals surface area contributed by atoms with E-state index in [9.17, 15) is 0 Å². The third-order valence-corrected chi connectivity index (χ3v) is 4.04. The lowest BCUT2D eigenvalue weighted by Crippen LogP contribution is -2.36. The Bertz CT molecular complexity index is 527. The maximum atomic E-state index is 5.84. The summed E-state index contributed by atoms with van der Waals surface area (Å²) in [6, 6.07) is 8.45. The molecule has 2 rings (SSSR count). The molecule has 0 bridgehead atoms. The highest BCUT2D eigenvalue weighted by atomic mass is 79.9. The summed E-state index contributed by atoms with van der Waals surface area (Å²) in [6.45, 7) is 9.37. The van der Waals surface area contributed by atoms with Crippen molar-refractivity contribution in [2.45, 2.75) is 13.3 Å². The van der Waals surface area contributed by atoms with E-state index in [0.717, 1.165) is 29.7 Å². The van der Waals surface area contributed by atoms with Crippen molar-refractivity contribution in [3.8, 4) is 0 Å². The fourth-order valence-corrected chi connectivity index (χ4v) is 2.82. The Morgan fingerprint density at radius 3 is 3.10 bits per heavy atom. The van der Waals surface area contributed by atoms with Gasteiger partial charge in [0.1, 0.15) is 0 Å². The molecule has 3 N–H and O–H groups in total. The summed E-state index contributed by atoms with van der Waals surface area (Å²) in [6.07, 6.45) is 1.17. The third-order valence-electron chi connectivity index (χ3n) is 3.55. The molecule has 0 aliphatic carbocycles. The van der Waals surface area contributed by atoms with E-state index in [2.05, 4.69) is 62.0 Å². The zero-order valence-corrected chi connectivity index (χ0v) is 14.1. The quantitative estimate of drug-likeness (QED) is 0.487. The molecule has 0 aromatic heterocycles. The molecule has 1 fully saturated rings. The molecule has 1 aliphatic heterocycles. The third kappa shape index (κ3) is 5.08. The monoisotopic (exact) mass is 350 g/mol. The lowest BCUT2D eigenvalue weighted by Gasteiger charge is -2.19. The van der Waals surface area contributed by atoms with E-state index >= 15 is 0 Å². The molecule has 1 unspecified atom stereocenters. The summed E-state index contributed by atoms with van der Waals surface area (Å²) < 4.78 is 1.12. The molecule has 1 aromatic carbocycles. The molecule has 1 aromatic rings. The summed E-state index contributed by atoms with van der Waals surface area (Å²) in [5.74, 6) is 1.11. The van der Waals surface area contributed by atoms with Crippen molar-refractivity contribution in [2.75, 3.05) is 31.1 Å². The zero-order valence-electron chi connectivity index (χ0n) is 12.5. The van der Waals surface area contributed by atoms with Crippen LogP contribution in [0.4, 0.5) is 5.69 Å². The smallest absolute Gasteiger partial charge is 0.188 e. The number of rotatable bonds is 5. The molecule has 1 aliphatic rings. The second kappa shape index (κ2) is 7.50. The van der Waals surface area contributed by atoms with Gasteiger partial charge < -0.3 is 16.0 Å². The van der Waals surface area contributed by atoms with Gasteiger partial charge in [0.15, 0.2) is 5.96 Å².